The Kier molecular flexibility index (Phi) is 4.61. The molecule has 0 bridgehead atoms. The van der Waals surface area contributed by atoms with Gasteiger partial charge in [0.05, 0.1) is 7.11 Å². The minimum absolute atomic E-state index is 0.0242. The molecule has 0 atom stereocenters. The number of hydrogen-bond acceptors (Lipinski definition) is 6. The monoisotopic (exact) mass is 356 g/mol. The molecular formula is C19H24N4O3. The number of nitrogens with zero attached hydrogens (tertiary/aromatic N) is 4. The van der Waals surface area contributed by atoms with Crippen molar-refractivity contribution in [2.45, 2.75) is 45.4 Å². The van der Waals surface area contributed by atoms with Crippen molar-refractivity contribution in [3.05, 3.63) is 34.6 Å². The molecule has 1 aliphatic heterocycles. The van der Waals surface area contributed by atoms with Gasteiger partial charge >= 0.3 is 0 Å². The maximum absolute atomic E-state index is 13.0. The Hall–Kier alpha value is -2.44. The first kappa shape index (κ1) is 17.0. The average Bonchev–Trinajstić information content (AvgIpc) is 3.28. The molecule has 0 N–H and O–H groups in total. The summed E-state index contributed by atoms with van der Waals surface area (Å²) < 4.78 is 10.6. The highest BCUT2D eigenvalue weighted by molar-refractivity contribution is 5.96. The van der Waals surface area contributed by atoms with E-state index in [-0.39, 0.29) is 5.91 Å². The number of aromatic nitrogens is 3. The van der Waals surface area contributed by atoms with E-state index in [2.05, 4.69) is 15.1 Å². The van der Waals surface area contributed by atoms with Crippen LogP contribution in [0.5, 0.6) is 5.88 Å². The summed E-state index contributed by atoms with van der Waals surface area (Å²) in [6.07, 6.45) is 5.73. The molecule has 1 fully saturated rings. The highest BCUT2D eigenvalue weighted by Gasteiger charge is 2.28. The van der Waals surface area contributed by atoms with Crippen LogP contribution in [0.15, 0.2) is 10.6 Å². The first-order valence-electron chi connectivity index (χ1n) is 9.29. The molecule has 0 spiro atoms. The van der Waals surface area contributed by atoms with Gasteiger partial charge in [-0.3, -0.25) is 4.79 Å². The van der Waals surface area contributed by atoms with Crippen molar-refractivity contribution in [2.75, 3.05) is 20.2 Å². The molecule has 1 aliphatic carbocycles. The Labute approximate surface area is 152 Å². The number of carbonyl (C=O) groups excluding carboxylic acids is 1. The highest BCUT2D eigenvalue weighted by Crippen LogP contribution is 2.29. The molecule has 138 valence electrons. The zero-order valence-electron chi connectivity index (χ0n) is 15.3. The Bertz CT molecular complexity index is 809. The summed E-state index contributed by atoms with van der Waals surface area (Å²) in [4.78, 5) is 23.8. The van der Waals surface area contributed by atoms with E-state index in [1.165, 1.54) is 5.56 Å². The quantitative estimate of drug-likeness (QED) is 0.836. The van der Waals surface area contributed by atoms with Gasteiger partial charge in [0.2, 0.25) is 11.8 Å². The number of aryl methyl sites for hydroxylation is 3. The molecule has 0 unspecified atom stereocenters. The highest BCUT2D eigenvalue weighted by atomic mass is 16.5. The van der Waals surface area contributed by atoms with Crippen LogP contribution in [0, 0.1) is 12.8 Å². The van der Waals surface area contributed by atoms with Gasteiger partial charge in [-0.05, 0) is 56.6 Å². The number of likely N-dealkylation sites (tertiary alicyclic amines) is 1. The van der Waals surface area contributed by atoms with E-state index in [0.29, 0.717) is 29.1 Å². The van der Waals surface area contributed by atoms with Crippen molar-refractivity contribution in [3.8, 4) is 5.88 Å². The van der Waals surface area contributed by atoms with Gasteiger partial charge in [-0.25, -0.2) is 4.98 Å². The average molecular weight is 356 g/mol. The summed E-state index contributed by atoms with van der Waals surface area (Å²) in [6, 6.07) is 1.99. The summed E-state index contributed by atoms with van der Waals surface area (Å²) in [6.45, 7) is 3.29. The van der Waals surface area contributed by atoms with Crippen molar-refractivity contribution in [2.24, 2.45) is 5.92 Å². The number of rotatable bonds is 4. The molecule has 7 heteroatoms. The third-order valence-corrected chi connectivity index (χ3v) is 5.37. The predicted molar refractivity (Wildman–Crippen MR) is 94.2 cm³/mol. The van der Waals surface area contributed by atoms with Crippen molar-refractivity contribution in [1.82, 2.24) is 20.0 Å². The number of fused-ring (bicyclic) bond motifs is 1. The third kappa shape index (κ3) is 3.30. The number of carbonyl (C=O) groups is 1. The maximum Gasteiger partial charge on any atom is 0.259 e. The van der Waals surface area contributed by atoms with Crippen LogP contribution >= 0.6 is 0 Å². The van der Waals surface area contributed by atoms with E-state index in [4.69, 9.17) is 9.26 Å². The van der Waals surface area contributed by atoms with Crippen LogP contribution in [-0.4, -0.2) is 46.1 Å². The summed E-state index contributed by atoms with van der Waals surface area (Å²) in [5.41, 5.74) is 2.86. The molecule has 0 saturated carbocycles. The predicted octanol–water partition coefficient (Wildman–Crippen LogP) is 2.37. The van der Waals surface area contributed by atoms with Crippen molar-refractivity contribution in [3.63, 3.8) is 0 Å². The molecule has 4 rings (SSSR count). The van der Waals surface area contributed by atoms with Crippen LogP contribution < -0.4 is 4.74 Å². The standard InChI is InChI=1S/C19H24N4O3/c1-12-20-17(26-22-12)10-13-6-8-23(9-7-13)19(24)15-11-14-4-3-5-16(14)21-18(15)25-2/h11,13H,3-10H2,1-2H3. The SMILES string of the molecule is COc1nc2c(cc1C(=O)N1CCC(Cc3nc(C)no3)CC1)CCC2. The molecule has 1 saturated heterocycles. The Morgan fingerprint density at radius 1 is 1.31 bits per heavy atom. The lowest BCUT2D eigenvalue weighted by atomic mass is 9.93. The Balaban J connectivity index is 1.42. The molecule has 2 aromatic rings. The molecule has 2 aliphatic rings. The summed E-state index contributed by atoms with van der Waals surface area (Å²) >= 11 is 0. The van der Waals surface area contributed by atoms with Crippen molar-refractivity contribution >= 4 is 5.91 Å². The summed E-state index contributed by atoms with van der Waals surface area (Å²) in [5, 5.41) is 3.84. The van der Waals surface area contributed by atoms with Gasteiger partial charge in [-0.15, -0.1) is 0 Å². The third-order valence-electron chi connectivity index (χ3n) is 5.37. The van der Waals surface area contributed by atoms with E-state index in [1.54, 1.807) is 7.11 Å². The fourth-order valence-corrected chi connectivity index (χ4v) is 3.94. The van der Waals surface area contributed by atoms with Crippen LogP contribution in [0.2, 0.25) is 0 Å². The molecule has 2 aromatic heterocycles. The van der Waals surface area contributed by atoms with Gasteiger partial charge in [-0.2, -0.15) is 4.98 Å². The van der Waals surface area contributed by atoms with Crippen molar-refractivity contribution in [1.29, 1.82) is 0 Å². The summed E-state index contributed by atoms with van der Waals surface area (Å²) in [7, 11) is 1.58. The van der Waals surface area contributed by atoms with Crippen LogP contribution in [0.25, 0.3) is 0 Å². The van der Waals surface area contributed by atoms with Gasteiger partial charge in [0.1, 0.15) is 5.56 Å². The lowest BCUT2D eigenvalue weighted by Gasteiger charge is -2.31. The van der Waals surface area contributed by atoms with E-state index in [9.17, 15) is 4.79 Å². The second-order valence-corrected chi connectivity index (χ2v) is 7.18. The first-order chi connectivity index (χ1) is 12.6. The largest absolute Gasteiger partial charge is 0.480 e. The molecule has 26 heavy (non-hydrogen) atoms. The number of hydrogen-bond donors (Lipinski definition) is 0. The second-order valence-electron chi connectivity index (χ2n) is 7.18. The van der Waals surface area contributed by atoms with Gasteiger partial charge < -0.3 is 14.2 Å². The molecule has 0 aromatic carbocycles. The van der Waals surface area contributed by atoms with Gasteiger partial charge in [0, 0.05) is 25.2 Å². The molecule has 7 nitrogen and oxygen atoms in total. The zero-order valence-corrected chi connectivity index (χ0v) is 15.3. The fourth-order valence-electron chi connectivity index (χ4n) is 3.94. The molecule has 3 heterocycles. The van der Waals surface area contributed by atoms with Crippen LogP contribution in [0.1, 0.15) is 52.6 Å². The summed E-state index contributed by atoms with van der Waals surface area (Å²) in [5.74, 6) is 2.31. The van der Waals surface area contributed by atoms with Crippen LogP contribution in [0.3, 0.4) is 0 Å². The van der Waals surface area contributed by atoms with Gasteiger partial charge in [-0.1, -0.05) is 5.16 Å². The van der Waals surface area contributed by atoms with E-state index in [1.807, 2.05) is 17.9 Å². The topological polar surface area (TPSA) is 81.4 Å². The van der Waals surface area contributed by atoms with Crippen molar-refractivity contribution < 1.29 is 14.1 Å². The number of piperidine rings is 1. The lowest BCUT2D eigenvalue weighted by molar-refractivity contribution is 0.0683. The Morgan fingerprint density at radius 3 is 2.81 bits per heavy atom. The second kappa shape index (κ2) is 7.05. The fraction of sp³-hybridized carbons (Fsp3) is 0.579. The Morgan fingerprint density at radius 2 is 2.12 bits per heavy atom. The minimum Gasteiger partial charge on any atom is -0.480 e. The molecular weight excluding hydrogens is 332 g/mol. The van der Waals surface area contributed by atoms with E-state index < -0.39 is 0 Å². The zero-order chi connectivity index (χ0) is 18.1. The van der Waals surface area contributed by atoms with Gasteiger partial charge in [0.25, 0.3) is 5.91 Å². The number of amides is 1. The lowest BCUT2D eigenvalue weighted by Crippen LogP contribution is -2.39. The van der Waals surface area contributed by atoms with E-state index in [0.717, 1.165) is 57.3 Å². The normalized spacial score (nSPS) is 17.4. The minimum atomic E-state index is 0.0242. The molecule has 0 radical (unpaired) electrons. The first-order valence-corrected chi connectivity index (χ1v) is 9.29. The number of ether oxygens (including phenoxy) is 1. The van der Waals surface area contributed by atoms with E-state index >= 15 is 0 Å². The number of pyridine rings is 1. The number of methoxy groups -OCH3 is 1. The van der Waals surface area contributed by atoms with Crippen LogP contribution in [0.4, 0.5) is 0 Å². The maximum atomic E-state index is 13.0. The van der Waals surface area contributed by atoms with Gasteiger partial charge in [0.15, 0.2) is 5.82 Å². The smallest absolute Gasteiger partial charge is 0.259 e. The van der Waals surface area contributed by atoms with Crippen LogP contribution in [-0.2, 0) is 19.3 Å². The molecule has 1 amide bonds.